The number of para-hydroxylation sites is 4. The van der Waals surface area contributed by atoms with Gasteiger partial charge in [0.05, 0.1) is 22.4 Å². The predicted octanol–water partition coefficient (Wildman–Crippen LogP) is 5.17. The number of nitrogens with one attached hydrogen (secondary N) is 1. The molecule has 0 fully saturated rings. The van der Waals surface area contributed by atoms with Crippen LogP contribution < -0.4 is 5.32 Å². The Labute approximate surface area is 168 Å². The van der Waals surface area contributed by atoms with Crippen LogP contribution in [0.15, 0.2) is 85.1 Å². The molecule has 1 atom stereocenters. The van der Waals surface area contributed by atoms with Crippen LogP contribution in [0.3, 0.4) is 0 Å². The quantitative estimate of drug-likeness (QED) is 0.462. The summed E-state index contributed by atoms with van der Waals surface area (Å²) in [5.74, 6) is 0.984. The van der Waals surface area contributed by atoms with Crippen molar-refractivity contribution >= 4 is 16.7 Å². The molecule has 3 aromatic carbocycles. The summed E-state index contributed by atoms with van der Waals surface area (Å²) in [6.45, 7) is 2.07. The number of rotatable bonds is 2. The molecule has 0 radical (unpaired) electrons. The summed E-state index contributed by atoms with van der Waals surface area (Å²) in [7, 11) is 0. The van der Waals surface area contributed by atoms with E-state index in [4.69, 9.17) is 10.1 Å². The lowest BCUT2D eigenvalue weighted by molar-refractivity contribution is 0.665. The largest absolute Gasteiger partial charge is 0.360 e. The Bertz CT molecular complexity index is 1350. The Hall–Kier alpha value is -3.86. The molecular formula is C24H19N5. The van der Waals surface area contributed by atoms with Crippen molar-refractivity contribution < 1.29 is 0 Å². The van der Waals surface area contributed by atoms with Crippen LogP contribution >= 0.6 is 0 Å². The molecule has 0 saturated heterocycles. The van der Waals surface area contributed by atoms with Gasteiger partial charge in [-0.1, -0.05) is 42.5 Å². The summed E-state index contributed by atoms with van der Waals surface area (Å²) in [5, 5.41) is 8.52. The average Bonchev–Trinajstić information content (AvgIpc) is 3.35. The molecule has 1 N–H and O–H groups in total. The third-order valence-corrected chi connectivity index (χ3v) is 5.57. The summed E-state index contributed by atoms with van der Waals surface area (Å²) in [4.78, 5) is 4.96. The molecule has 0 bridgehead atoms. The van der Waals surface area contributed by atoms with E-state index in [0.717, 1.165) is 45.1 Å². The second kappa shape index (κ2) is 6.07. The van der Waals surface area contributed by atoms with Gasteiger partial charge < -0.3 is 5.32 Å². The van der Waals surface area contributed by atoms with E-state index in [1.165, 1.54) is 0 Å². The fraction of sp³-hybridized carbons (Fsp3) is 0.0833. The molecule has 3 heterocycles. The van der Waals surface area contributed by atoms with Gasteiger partial charge >= 0.3 is 0 Å². The highest BCUT2D eigenvalue weighted by Crippen LogP contribution is 2.41. The number of hydrogen-bond acceptors (Lipinski definition) is 3. The number of anilines is 1. The first-order chi connectivity index (χ1) is 14.3. The molecule has 0 amide bonds. The maximum absolute atomic E-state index is 4.96. The van der Waals surface area contributed by atoms with Crippen molar-refractivity contribution in [2.75, 3.05) is 5.32 Å². The zero-order valence-electron chi connectivity index (χ0n) is 15.9. The minimum absolute atomic E-state index is 0.0789. The Morgan fingerprint density at radius 1 is 0.862 bits per heavy atom. The van der Waals surface area contributed by atoms with Gasteiger partial charge in [0.15, 0.2) is 0 Å². The molecule has 29 heavy (non-hydrogen) atoms. The summed E-state index contributed by atoms with van der Waals surface area (Å²) >= 11 is 0. The second-order valence-corrected chi connectivity index (χ2v) is 7.34. The first-order valence-corrected chi connectivity index (χ1v) is 9.74. The van der Waals surface area contributed by atoms with Crippen LogP contribution in [0.2, 0.25) is 0 Å². The predicted molar refractivity (Wildman–Crippen MR) is 115 cm³/mol. The molecular weight excluding hydrogens is 358 g/mol. The van der Waals surface area contributed by atoms with Crippen molar-refractivity contribution in [3.8, 4) is 17.1 Å². The van der Waals surface area contributed by atoms with Crippen molar-refractivity contribution in [1.82, 2.24) is 19.3 Å². The lowest BCUT2D eigenvalue weighted by Crippen LogP contribution is -2.25. The molecule has 5 nitrogen and oxygen atoms in total. The van der Waals surface area contributed by atoms with Gasteiger partial charge in [-0.15, -0.1) is 0 Å². The second-order valence-electron chi connectivity index (χ2n) is 7.34. The third kappa shape index (κ3) is 2.41. The zero-order chi connectivity index (χ0) is 19.4. The molecule has 5 aromatic rings. The van der Waals surface area contributed by atoms with Crippen LogP contribution in [0, 0.1) is 6.92 Å². The smallest absolute Gasteiger partial charge is 0.145 e. The van der Waals surface area contributed by atoms with Gasteiger partial charge in [-0.3, -0.25) is 4.57 Å². The average molecular weight is 377 g/mol. The number of aromatic nitrogens is 4. The topological polar surface area (TPSA) is 47.7 Å². The maximum atomic E-state index is 4.96. The van der Waals surface area contributed by atoms with Gasteiger partial charge in [-0.05, 0) is 43.3 Å². The van der Waals surface area contributed by atoms with Crippen LogP contribution in [0.5, 0.6) is 0 Å². The van der Waals surface area contributed by atoms with Crippen molar-refractivity contribution in [2.24, 2.45) is 0 Å². The summed E-state index contributed by atoms with van der Waals surface area (Å²) in [6, 6.07) is 26.9. The van der Waals surface area contributed by atoms with E-state index in [-0.39, 0.29) is 6.17 Å². The summed E-state index contributed by atoms with van der Waals surface area (Å²) in [5.41, 5.74) is 7.50. The van der Waals surface area contributed by atoms with Crippen LogP contribution in [0.1, 0.15) is 17.4 Å². The Morgan fingerprint density at radius 3 is 2.52 bits per heavy atom. The molecule has 1 aliphatic rings. The van der Waals surface area contributed by atoms with Crippen molar-refractivity contribution in [1.29, 1.82) is 0 Å². The van der Waals surface area contributed by atoms with Gasteiger partial charge in [-0.25, -0.2) is 9.67 Å². The van der Waals surface area contributed by atoms with E-state index < -0.39 is 0 Å². The Kier molecular flexibility index (Phi) is 3.38. The lowest BCUT2D eigenvalue weighted by atomic mass is 10.1. The van der Waals surface area contributed by atoms with Gasteiger partial charge in [0, 0.05) is 23.0 Å². The van der Waals surface area contributed by atoms with Crippen LogP contribution in [-0.4, -0.2) is 19.3 Å². The first-order valence-electron chi connectivity index (χ1n) is 9.74. The van der Waals surface area contributed by atoms with Gasteiger partial charge in [0.2, 0.25) is 0 Å². The van der Waals surface area contributed by atoms with Crippen molar-refractivity contribution in [2.45, 2.75) is 13.1 Å². The van der Waals surface area contributed by atoms with E-state index >= 15 is 0 Å². The minimum atomic E-state index is -0.0789. The normalized spacial score (nSPS) is 15.0. The van der Waals surface area contributed by atoms with Gasteiger partial charge in [-0.2, -0.15) is 5.10 Å². The number of aryl methyl sites for hydroxylation is 1. The highest BCUT2D eigenvalue weighted by molar-refractivity contribution is 5.86. The molecule has 2 aromatic heterocycles. The molecule has 0 spiro atoms. The molecule has 5 heteroatoms. The van der Waals surface area contributed by atoms with Gasteiger partial charge in [0.1, 0.15) is 12.0 Å². The molecule has 1 unspecified atom stereocenters. The molecule has 1 aliphatic heterocycles. The molecule has 0 aliphatic carbocycles. The van der Waals surface area contributed by atoms with Crippen LogP contribution in [-0.2, 0) is 0 Å². The number of nitrogens with zero attached hydrogens (tertiary/aromatic N) is 4. The van der Waals surface area contributed by atoms with E-state index in [1.54, 1.807) is 0 Å². The standard InChI is InChI=1S/C24H19N5/c1-16-19(15-28(27-16)17-9-3-2-4-10-17)24-25-20-12-6-5-11-18(20)23-26-21-13-7-8-14-22(21)29(23)24/h2-15,24-25H,1H3. The van der Waals surface area contributed by atoms with E-state index in [9.17, 15) is 0 Å². The Morgan fingerprint density at radius 2 is 1.62 bits per heavy atom. The van der Waals surface area contributed by atoms with E-state index in [0.29, 0.717) is 0 Å². The maximum Gasteiger partial charge on any atom is 0.145 e. The van der Waals surface area contributed by atoms with Crippen molar-refractivity contribution in [3.63, 3.8) is 0 Å². The SMILES string of the molecule is Cc1nn(-c2ccccc2)cc1C1Nc2ccccc2-c2nc3ccccc3n21. The zero-order valence-corrected chi connectivity index (χ0v) is 15.9. The number of hydrogen-bond donors (Lipinski definition) is 1. The molecule has 0 saturated carbocycles. The molecule has 140 valence electrons. The molecule has 6 rings (SSSR count). The fourth-order valence-electron chi connectivity index (χ4n) is 4.18. The minimum Gasteiger partial charge on any atom is -0.360 e. The van der Waals surface area contributed by atoms with E-state index in [2.05, 4.69) is 77.6 Å². The first kappa shape index (κ1) is 16.1. The number of imidazole rings is 1. The fourth-order valence-corrected chi connectivity index (χ4v) is 4.18. The number of benzene rings is 3. The highest BCUT2D eigenvalue weighted by Gasteiger charge is 2.30. The van der Waals surface area contributed by atoms with Gasteiger partial charge in [0.25, 0.3) is 0 Å². The van der Waals surface area contributed by atoms with E-state index in [1.807, 2.05) is 28.9 Å². The summed E-state index contributed by atoms with van der Waals surface area (Å²) < 4.78 is 4.24. The van der Waals surface area contributed by atoms with Crippen molar-refractivity contribution in [3.05, 3.63) is 96.3 Å². The van der Waals surface area contributed by atoms with Crippen LogP contribution in [0.4, 0.5) is 5.69 Å². The number of fused-ring (bicyclic) bond motifs is 5. The van der Waals surface area contributed by atoms with Crippen LogP contribution in [0.25, 0.3) is 28.1 Å². The lowest BCUT2D eigenvalue weighted by Gasteiger charge is -2.29. The third-order valence-electron chi connectivity index (χ3n) is 5.57. The highest BCUT2D eigenvalue weighted by atomic mass is 15.3. The summed E-state index contributed by atoms with van der Waals surface area (Å²) in [6.07, 6.45) is 2.04. The Balaban J connectivity index is 1.58. The monoisotopic (exact) mass is 377 g/mol.